The van der Waals surface area contributed by atoms with E-state index in [4.69, 9.17) is 14.2 Å². The van der Waals surface area contributed by atoms with Gasteiger partial charge in [-0.15, -0.1) is 0 Å². The van der Waals surface area contributed by atoms with Crippen LogP contribution < -0.4 is 5.56 Å². The molecule has 1 aromatic heterocycles. The molecule has 0 amide bonds. The topological polar surface area (TPSA) is 90.2 Å². The summed E-state index contributed by atoms with van der Waals surface area (Å²) in [4.78, 5) is 12.1. The molecule has 1 fully saturated rings. The van der Waals surface area contributed by atoms with Crippen LogP contribution in [0.4, 0.5) is 0 Å². The zero-order chi connectivity index (χ0) is 16.1. The van der Waals surface area contributed by atoms with Crippen LogP contribution in [0.5, 0.6) is 5.75 Å². The average molecular weight is 313 g/mol. The molecule has 7 nitrogen and oxygen atoms in total. The van der Waals surface area contributed by atoms with Crippen LogP contribution in [0.15, 0.2) is 17.1 Å². The molecule has 2 rings (SSSR count). The predicted octanol–water partition coefficient (Wildman–Crippen LogP) is 0.216. The maximum Gasteiger partial charge on any atom is 0.254 e. The van der Waals surface area contributed by atoms with Crippen molar-refractivity contribution in [3.8, 4) is 5.75 Å². The molecule has 22 heavy (non-hydrogen) atoms. The van der Waals surface area contributed by atoms with Crippen molar-refractivity contribution in [1.29, 1.82) is 0 Å². The highest BCUT2D eigenvalue weighted by Crippen LogP contribution is 2.26. The molecule has 124 valence electrons. The zero-order valence-electron chi connectivity index (χ0n) is 12.9. The van der Waals surface area contributed by atoms with Gasteiger partial charge in [-0.2, -0.15) is 0 Å². The molecular formula is C15H23NO6. The van der Waals surface area contributed by atoms with Gasteiger partial charge in [0.25, 0.3) is 5.56 Å². The molecule has 2 N–H and O–H groups in total. The molecule has 0 saturated carbocycles. The highest BCUT2D eigenvalue weighted by molar-refractivity contribution is 5.27. The van der Waals surface area contributed by atoms with E-state index in [-0.39, 0.29) is 42.8 Å². The molecule has 1 aromatic rings. The third-order valence-corrected chi connectivity index (χ3v) is 3.86. The Morgan fingerprint density at radius 2 is 2.23 bits per heavy atom. The van der Waals surface area contributed by atoms with E-state index < -0.39 is 0 Å². The van der Waals surface area contributed by atoms with E-state index in [0.717, 1.165) is 0 Å². The van der Waals surface area contributed by atoms with Gasteiger partial charge in [-0.1, -0.05) is 0 Å². The van der Waals surface area contributed by atoms with Crippen LogP contribution in [-0.2, 0) is 14.2 Å². The number of aliphatic hydroxyl groups is 1. The average Bonchev–Trinajstić information content (AvgIpc) is 2.51. The lowest BCUT2D eigenvalue weighted by molar-refractivity contribution is -0.121. The summed E-state index contributed by atoms with van der Waals surface area (Å²) in [6.45, 7) is 2.78. The fourth-order valence-corrected chi connectivity index (χ4v) is 2.58. The van der Waals surface area contributed by atoms with Crippen molar-refractivity contribution < 1.29 is 24.4 Å². The summed E-state index contributed by atoms with van der Waals surface area (Å²) >= 11 is 0. The van der Waals surface area contributed by atoms with Crippen molar-refractivity contribution in [1.82, 2.24) is 4.57 Å². The number of ether oxygens (including phenoxy) is 3. The largest absolute Gasteiger partial charge is 0.507 e. The van der Waals surface area contributed by atoms with Gasteiger partial charge in [-0.05, 0) is 6.92 Å². The fraction of sp³-hybridized carbons (Fsp3) is 0.667. The lowest BCUT2D eigenvalue weighted by Gasteiger charge is -2.36. The molecule has 0 spiro atoms. The Balaban J connectivity index is 2.22. The van der Waals surface area contributed by atoms with Gasteiger partial charge >= 0.3 is 0 Å². The Morgan fingerprint density at radius 3 is 2.91 bits per heavy atom. The summed E-state index contributed by atoms with van der Waals surface area (Å²) in [5, 5.41) is 18.9. The third-order valence-electron chi connectivity index (χ3n) is 3.86. The van der Waals surface area contributed by atoms with Crippen molar-refractivity contribution in [2.24, 2.45) is 0 Å². The monoisotopic (exact) mass is 313 g/mol. The van der Waals surface area contributed by atoms with Crippen LogP contribution >= 0.6 is 0 Å². The Kier molecular flexibility index (Phi) is 5.96. The Morgan fingerprint density at radius 1 is 1.45 bits per heavy atom. The maximum absolute atomic E-state index is 12.1. The molecule has 3 unspecified atom stereocenters. The summed E-state index contributed by atoms with van der Waals surface area (Å²) in [5.41, 5.74) is 0.305. The number of aromatic nitrogens is 1. The minimum Gasteiger partial charge on any atom is -0.507 e. The van der Waals surface area contributed by atoms with Gasteiger partial charge in [0.15, 0.2) is 0 Å². The Hall–Kier alpha value is -1.41. The molecule has 0 radical (unpaired) electrons. The van der Waals surface area contributed by atoms with Crippen molar-refractivity contribution in [3.63, 3.8) is 0 Å². The SMILES string of the molecule is COCCOC1CC(CO)OCC1n1cc(C)c(O)cc1=O. The second kappa shape index (κ2) is 7.73. The van der Waals surface area contributed by atoms with Crippen molar-refractivity contribution in [2.75, 3.05) is 33.5 Å². The van der Waals surface area contributed by atoms with Gasteiger partial charge in [0, 0.05) is 31.4 Å². The third kappa shape index (κ3) is 3.86. The second-order valence-corrected chi connectivity index (χ2v) is 5.43. The number of pyridine rings is 1. The molecule has 0 bridgehead atoms. The molecule has 2 heterocycles. The standard InChI is InChI=1S/C15H23NO6/c1-10-7-16(15(19)6-13(10)18)12-9-22-11(8-17)5-14(12)21-4-3-20-2/h6-7,11-12,14,17-18H,3-5,8-9H2,1-2H3. The van der Waals surface area contributed by atoms with E-state index in [2.05, 4.69) is 0 Å². The van der Waals surface area contributed by atoms with Crippen LogP contribution in [0.25, 0.3) is 0 Å². The summed E-state index contributed by atoms with van der Waals surface area (Å²) in [6.07, 6.45) is 1.55. The number of aromatic hydroxyl groups is 1. The first kappa shape index (κ1) is 17.0. The molecule has 7 heteroatoms. The normalized spacial score (nSPS) is 25.3. The van der Waals surface area contributed by atoms with Crippen LogP contribution in [0.1, 0.15) is 18.0 Å². The predicted molar refractivity (Wildman–Crippen MR) is 79.2 cm³/mol. The fourth-order valence-electron chi connectivity index (χ4n) is 2.58. The van der Waals surface area contributed by atoms with E-state index in [0.29, 0.717) is 25.2 Å². The minimum atomic E-state index is -0.306. The van der Waals surface area contributed by atoms with Crippen molar-refractivity contribution in [3.05, 3.63) is 28.2 Å². The molecule has 1 aliphatic rings. The number of hydrogen-bond acceptors (Lipinski definition) is 6. The highest BCUT2D eigenvalue weighted by atomic mass is 16.5. The van der Waals surface area contributed by atoms with E-state index in [1.54, 1.807) is 20.2 Å². The summed E-state index contributed by atoms with van der Waals surface area (Å²) in [7, 11) is 1.59. The van der Waals surface area contributed by atoms with Gasteiger partial charge in [0.2, 0.25) is 0 Å². The number of rotatable bonds is 6. The van der Waals surface area contributed by atoms with Crippen molar-refractivity contribution >= 4 is 0 Å². The first-order valence-corrected chi connectivity index (χ1v) is 7.31. The van der Waals surface area contributed by atoms with E-state index in [1.807, 2.05) is 0 Å². The molecule has 1 aliphatic heterocycles. The number of methoxy groups -OCH3 is 1. The number of nitrogens with zero attached hydrogens (tertiary/aromatic N) is 1. The number of hydrogen-bond donors (Lipinski definition) is 2. The lowest BCUT2D eigenvalue weighted by atomic mass is 10.0. The molecule has 1 saturated heterocycles. The van der Waals surface area contributed by atoms with Crippen LogP contribution in [0.2, 0.25) is 0 Å². The molecular weight excluding hydrogens is 290 g/mol. The van der Waals surface area contributed by atoms with Crippen LogP contribution in [-0.4, -0.2) is 60.5 Å². The minimum absolute atomic E-state index is 0.0249. The number of aliphatic hydroxyl groups excluding tert-OH is 1. The smallest absolute Gasteiger partial charge is 0.254 e. The second-order valence-electron chi connectivity index (χ2n) is 5.43. The lowest BCUT2D eigenvalue weighted by Crippen LogP contribution is -2.44. The van der Waals surface area contributed by atoms with Gasteiger partial charge in [-0.3, -0.25) is 4.79 Å². The van der Waals surface area contributed by atoms with Gasteiger partial charge in [-0.25, -0.2) is 0 Å². The molecule has 0 aromatic carbocycles. The summed E-state index contributed by atoms with van der Waals surface area (Å²) < 4.78 is 17.9. The van der Waals surface area contributed by atoms with Crippen molar-refractivity contribution in [2.45, 2.75) is 31.6 Å². The first-order valence-electron chi connectivity index (χ1n) is 7.31. The molecule has 0 aliphatic carbocycles. The maximum atomic E-state index is 12.1. The Bertz CT molecular complexity index is 543. The van der Waals surface area contributed by atoms with Gasteiger partial charge in [0.1, 0.15) is 5.75 Å². The van der Waals surface area contributed by atoms with E-state index in [1.165, 1.54) is 10.6 Å². The van der Waals surface area contributed by atoms with Crippen LogP contribution in [0.3, 0.4) is 0 Å². The number of aryl methyl sites for hydroxylation is 1. The highest BCUT2D eigenvalue weighted by Gasteiger charge is 2.33. The first-order chi connectivity index (χ1) is 10.6. The molecule has 3 atom stereocenters. The van der Waals surface area contributed by atoms with Crippen LogP contribution in [0, 0.1) is 6.92 Å². The Labute approximate surface area is 129 Å². The summed E-state index contributed by atoms with van der Waals surface area (Å²) in [6, 6.07) is 0.895. The van der Waals surface area contributed by atoms with Gasteiger partial charge in [0.05, 0.1) is 44.7 Å². The quantitative estimate of drug-likeness (QED) is 0.730. The van der Waals surface area contributed by atoms with Gasteiger partial charge < -0.3 is 29.0 Å². The van der Waals surface area contributed by atoms with E-state index >= 15 is 0 Å². The van der Waals surface area contributed by atoms with E-state index in [9.17, 15) is 15.0 Å². The summed E-state index contributed by atoms with van der Waals surface area (Å²) in [5.74, 6) is -0.0249. The zero-order valence-corrected chi connectivity index (χ0v) is 12.9.